The molecule has 1 aromatic carbocycles. The molecule has 0 aliphatic heterocycles. The maximum atomic E-state index is 12.0. The van der Waals surface area contributed by atoms with Gasteiger partial charge in [-0.15, -0.1) is 0 Å². The fourth-order valence-corrected chi connectivity index (χ4v) is 1.55. The summed E-state index contributed by atoms with van der Waals surface area (Å²) in [7, 11) is 3.13. The second kappa shape index (κ2) is 6.41. The molecule has 0 aliphatic carbocycles. The second-order valence-electron chi connectivity index (χ2n) is 5.04. The molecule has 5 nitrogen and oxygen atoms in total. The number of Topliss-reactive ketones (excluding diaryl/α,β-unsaturated/α-hetero) is 1. The number of nitrogens with one attached hydrogen (secondary N) is 1. The van der Waals surface area contributed by atoms with Crippen molar-refractivity contribution in [3.05, 3.63) is 23.8 Å². The van der Waals surface area contributed by atoms with Gasteiger partial charge in [0.15, 0.2) is 0 Å². The predicted octanol–water partition coefficient (Wildman–Crippen LogP) is 1.94. The lowest BCUT2D eigenvalue weighted by atomic mass is 9.88. The molecule has 0 atom stereocenters. The van der Waals surface area contributed by atoms with E-state index in [1.54, 1.807) is 40.2 Å². The third-order valence-corrected chi connectivity index (χ3v) is 3.38. The van der Waals surface area contributed by atoms with E-state index in [9.17, 15) is 9.59 Å². The summed E-state index contributed by atoms with van der Waals surface area (Å²) in [5.74, 6) is 0.839. The number of hydrogen-bond donors (Lipinski definition) is 1. The van der Waals surface area contributed by atoms with Crippen molar-refractivity contribution >= 4 is 11.7 Å². The smallest absolute Gasteiger partial charge is 0.233 e. The van der Waals surface area contributed by atoms with Crippen LogP contribution < -0.4 is 14.8 Å². The van der Waals surface area contributed by atoms with E-state index >= 15 is 0 Å². The van der Waals surface area contributed by atoms with Crippen LogP contribution in [0.5, 0.6) is 11.5 Å². The maximum absolute atomic E-state index is 12.0. The van der Waals surface area contributed by atoms with Crippen LogP contribution in [-0.2, 0) is 16.1 Å². The Hall–Kier alpha value is -2.04. The Balaban J connectivity index is 2.80. The van der Waals surface area contributed by atoms with Crippen LogP contribution in [0.3, 0.4) is 0 Å². The normalized spacial score (nSPS) is 10.8. The largest absolute Gasteiger partial charge is 0.497 e. The summed E-state index contributed by atoms with van der Waals surface area (Å²) >= 11 is 0. The fourth-order valence-electron chi connectivity index (χ4n) is 1.55. The number of carbonyl (C=O) groups excluding carboxylic acids is 2. The maximum Gasteiger partial charge on any atom is 0.233 e. The van der Waals surface area contributed by atoms with Crippen LogP contribution in [0.1, 0.15) is 26.3 Å². The highest BCUT2D eigenvalue weighted by Crippen LogP contribution is 2.25. The van der Waals surface area contributed by atoms with E-state index in [1.807, 2.05) is 6.07 Å². The summed E-state index contributed by atoms with van der Waals surface area (Å²) in [6, 6.07) is 5.36. The molecule has 0 radical (unpaired) electrons. The van der Waals surface area contributed by atoms with Gasteiger partial charge in [0.05, 0.1) is 14.2 Å². The topological polar surface area (TPSA) is 64.6 Å². The van der Waals surface area contributed by atoms with Gasteiger partial charge in [0.2, 0.25) is 5.91 Å². The van der Waals surface area contributed by atoms with Crippen molar-refractivity contribution in [2.75, 3.05) is 14.2 Å². The van der Waals surface area contributed by atoms with Crippen molar-refractivity contribution < 1.29 is 19.1 Å². The van der Waals surface area contributed by atoms with Gasteiger partial charge in [-0.2, -0.15) is 0 Å². The molecule has 0 saturated carbocycles. The first kappa shape index (κ1) is 16.0. The summed E-state index contributed by atoms with van der Waals surface area (Å²) in [6.45, 7) is 4.92. The predicted molar refractivity (Wildman–Crippen MR) is 75.9 cm³/mol. The number of carbonyl (C=O) groups is 2. The summed E-state index contributed by atoms with van der Waals surface area (Å²) in [5.41, 5.74) is -0.208. The number of hydrogen-bond acceptors (Lipinski definition) is 4. The van der Waals surface area contributed by atoms with E-state index in [2.05, 4.69) is 5.32 Å². The zero-order valence-electron chi connectivity index (χ0n) is 12.6. The minimum absolute atomic E-state index is 0.170. The summed E-state index contributed by atoms with van der Waals surface area (Å²) in [5, 5.41) is 2.75. The number of ketones is 1. The van der Waals surface area contributed by atoms with Gasteiger partial charge in [-0.05, 0) is 32.9 Å². The molecular formula is C15H21NO4. The molecule has 110 valence electrons. The molecule has 0 bridgehead atoms. The molecule has 1 aromatic rings. The zero-order valence-corrected chi connectivity index (χ0v) is 12.6. The molecule has 0 aliphatic rings. The van der Waals surface area contributed by atoms with E-state index in [-0.39, 0.29) is 11.7 Å². The monoisotopic (exact) mass is 279 g/mol. The van der Waals surface area contributed by atoms with Gasteiger partial charge in [-0.25, -0.2) is 0 Å². The molecule has 20 heavy (non-hydrogen) atoms. The summed E-state index contributed by atoms with van der Waals surface area (Å²) in [4.78, 5) is 23.4. The Morgan fingerprint density at radius 3 is 2.35 bits per heavy atom. The lowest BCUT2D eigenvalue weighted by molar-refractivity contribution is -0.138. The first-order valence-electron chi connectivity index (χ1n) is 6.33. The Morgan fingerprint density at radius 2 is 1.85 bits per heavy atom. The highest BCUT2D eigenvalue weighted by molar-refractivity contribution is 6.04. The number of amides is 1. The fraction of sp³-hybridized carbons (Fsp3) is 0.467. The van der Waals surface area contributed by atoms with Gasteiger partial charge in [0, 0.05) is 18.2 Å². The number of ether oxygens (including phenoxy) is 2. The third-order valence-electron chi connectivity index (χ3n) is 3.38. The van der Waals surface area contributed by atoms with E-state index in [4.69, 9.17) is 9.47 Å². The van der Waals surface area contributed by atoms with Gasteiger partial charge in [0.25, 0.3) is 0 Å². The molecule has 0 heterocycles. The highest BCUT2D eigenvalue weighted by atomic mass is 16.5. The molecule has 0 unspecified atom stereocenters. The minimum Gasteiger partial charge on any atom is -0.497 e. The SMILES string of the molecule is COc1ccc(CNC(=O)C(C)(C)C(C)=O)c(OC)c1. The Morgan fingerprint density at radius 1 is 1.20 bits per heavy atom. The Kier molecular flexibility index (Phi) is 5.13. The van der Waals surface area contributed by atoms with Crippen molar-refractivity contribution in [1.82, 2.24) is 5.32 Å². The molecule has 1 amide bonds. The van der Waals surface area contributed by atoms with E-state index in [1.165, 1.54) is 6.92 Å². The van der Waals surface area contributed by atoms with Crippen LogP contribution in [0.2, 0.25) is 0 Å². The first-order valence-corrected chi connectivity index (χ1v) is 6.33. The highest BCUT2D eigenvalue weighted by Gasteiger charge is 2.32. The Labute approximate surface area is 119 Å². The molecule has 1 N–H and O–H groups in total. The zero-order chi connectivity index (χ0) is 15.3. The van der Waals surface area contributed by atoms with Crippen LogP contribution in [0.15, 0.2) is 18.2 Å². The average Bonchev–Trinajstić information content (AvgIpc) is 2.44. The minimum atomic E-state index is -1.03. The van der Waals surface area contributed by atoms with Crippen molar-refractivity contribution in [1.29, 1.82) is 0 Å². The van der Waals surface area contributed by atoms with Gasteiger partial charge in [0.1, 0.15) is 22.7 Å². The molecule has 0 spiro atoms. The average molecular weight is 279 g/mol. The first-order chi connectivity index (χ1) is 9.32. The van der Waals surface area contributed by atoms with Gasteiger partial charge in [-0.3, -0.25) is 9.59 Å². The molecule has 1 rings (SSSR count). The second-order valence-corrected chi connectivity index (χ2v) is 5.04. The van der Waals surface area contributed by atoms with Crippen molar-refractivity contribution in [3.8, 4) is 11.5 Å². The quantitative estimate of drug-likeness (QED) is 0.808. The molecule has 0 fully saturated rings. The van der Waals surface area contributed by atoms with Crippen LogP contribution in [0.25, 0.3) is 0 Å². The third kappa shape index (κ3) is 3.50. The van der Waals surface area contributed by atoms with E-state index in [0.29, 0.717) is 18.0 Å². The number of rotatable bonds is 6. The lowest BCUT2D eigenvalue weighted by Gasteiger charge is -2.20. The van der Waals surface area contributed by atoms with Crippen molar-refractivity contribution in [2.24, 2.45) is 5.41 Å². The molecule has 0 aromatic heterocycles. The lowest BCUT2D eigenvalue weighted by Crippen LogP contribution is -2.41. The van der Waals surface area contributed by atoms with E-state index in [0.717, 1.165) is 5.56 Å². The molecule has 5 heteroatoms. The van der Waals surface area contributed by atoms with Gasteiger partial charge in [-0.1, -0.05) is 0 Å². The van der Waals surface area contributed by atoms with Gasteiger partial charge < -0.3 is 14.8 Å². The summed E-state index contributed by atoms with van der Waals surface area (Å²) in [6.07, 6.45) is 0. The standard InChI is InChI=1S/C15H21NO4/c1-10(17)15(2,3)14(18)16-9-11-6-7-12(19-4)8-13(11)20-5/h6-8H,9H2,1-5H3,(H,16,18). The van der Waals surface area contributed by atoms with Gasteiger partial charge >= 0.3 is 0 Å². The van der Waals surface area contributed by atoms with Crippen LogP contribution in [-0.4, -0.2) is 25.9 Å². The molecular weight excluding hydrogens is 258 g/mol. The number of benzene rings is 1. The molecule has 0 saturated heterocycles. The Bertz CT molecular complexity index is 509. The van der Waals surface area contributed by atoms with Crippen molar-refractivity contribution in [2.45, 2.75) is 27.3 Å². The number of methoxy groups -OCH3 is 2. The van der Waals surface area contributed by atoms with Crippen LogP contribution in [0.4, 0.5) is 0 Å². The van der Waals surface area contributed by atoms with Crippen LogP contribution >= 0.6 is 0 Å². The van der Waals surface area contributed by atoms with Crippen molar-refractivity contribution in [3.63, 3.8) is 0 Å². The summed E-state index contributed by atoms with van der Waals surface area (Å²) < 4.78 is 10.4. The van der Waals surface area contributed by atoms with E-state index < -0.39 is 5.41 Å². The van der Waals surface area contributed by atoms with Crippen LogP contribution in [0, 0.1) is 5.41 Å².